The zero-order chi connectivity index (χ0) is 14.2. The molecule has 0 bridgehead atoms. The fourth-order valence-electron chi connectivity index (χ4n) is 2.86. The molecule has 0 spiro atoms. The monoisotopic (exact) mass is 278 g/mol. The molecule has 0 aromatic carbocycles. The average Bonchev–Trinajstić information content (AvgIpc) is 2.85. The third-order valence-corrected chi connectivity index (χ3v) is 4.10. The van der Waals surface area contributed by atoms with Crippen molar-refractivity contribution in [3.05, 3.63) is 11.6 Å². The summed E-state index contributed by atoms with van der Waals surface area (Å²) in [6.45, 7) is 7.69. The van der Waals surface area contributed by atoms with Crippen LogP contribution >= 0.6 is 0 Å². The van der Waals surface area contributed by atoms with Crippen molar-refractivity contribution >= 4 is 0 Å². The van der Waals surface area contributed by atoms with Gasteiger partial charge in [-0.2, -0.15) is 0 Å². The summed E-state index contributed by atoms with van der Waals surface area (Å²) < 4.78 is 2.30. The number of aromatic nitrogens is 3. The second-order valence-electron chi connectivity index (χ2n) is 6.41. The van der Waals surface area contributed by atoms with Gasteiger partial charge in [-0.3, -0.25) is 0 Å². The third kappa shape index (κ3) is 4.89. The zero-order valence-electron chi connectivity index (χ0n) is 13.2. The maximum atomic E-state index is 4.31. The predicted molar refractivity (Wildman–Crippen MR) is 82.6 cm³/mol. The van der Waals surface area contributed by atoms with Gasteiger partial charge >= 0.3 is 0 Å². The van der Waals surface area contributed by atoms with E-state index >= 15 is 0 Å². The summed E-state index contributed by atoms with van der Waals surface area (Å²) in [5.41, 5.74) is 0. The molecule has 1 aromatic rings. The first-order valence-electron chi connectivity index (χ1n) is 8.39. The summed E-state index contributed by atoms with van der Waals surface area (Å²) in [5, 5.41) is 12.1. The smallest absolute Gasteiger partial charge is 0.147 e. The van der Waals surface area contributed by atoms with E-state index in [1.165, 1.54) is 50.8 Å². The number of rotatable bonds is 9. The summed E-state index contributed by atoms with van der Waals surface area (Å²) in [6, 6.07) is 0. The van der Waals surface area contributed by atoms with Crippen molar-refractivity contribution in [1.29, 1.82) is 0 Å². The van der Waals surface area contributed by atoms with E-state index in [-0.39, 0.29) is 0 Å². The van der Waals surface area contributed by atoms with Gasteiger partial charge in [0, 0.05) is 13.0 Å². The highest BCUT2D eigenvalue weighted by Crippen LogP contribution is 2.14. The van der Waals surface area contributed by atoms with Crippen LogP contribution in [0.3, 0.4) is 0 Å². The molecule has 1 N–H and O–H groups in total. The summed E-state index contributed by atoms with van der Waals surface area (Å²) in [4.78, 5) is 0. The van der Waals surface area contributed by atoms with E-state index in [9.17, 15) is 0 Å². The second kappa shape index (κ2) is 8.40. The molecular weight excluding hydrogens is 248 g/mol. The summed E-state index contributed by atoms with van der Waals surface area (Å²) in [5.74, 6) is 3.16. The van der Waals surface area contributed by atoms with Gasteiger partial charge < -0.3 is 9.88 Å². The number of aryl methyl sites for hydroxylation is 1. The van der Waals surface area contributed by atoms with Gasteiger partial charge in [-0.05, 0) is 31.7 Å². The fourth-order valence-corrected chi connectivity index (χ4v) is 2.86. The van der Waals surface area contributed by atoms with Crippen LogP contribution < -0.4 is 5.32 Å². The van der Waals surface area contributed by atoms with E-state index in [2.05, 4.69) is 33.9 Å². The largest absolute Gasteiger partial charge is 0.314 e. The zero-order valence-corrected chi connectivity index (χ0v) is 13.2. The Morgan fingerprint density at radius 1 is 1.10 bits per heavy atom. The van der Waals surface area contributed by atoms with Gasteiger partial charge in [-0.1, -0.05) is 39.5 Å². The van der Waals surface area contributed by atoms with Gasteiger partial charge in [0.1, 0.15) is 11.6 Å². The van der Waals surface area contributed by atoms with Crippen molar-refractivity contribution in [2.24, 2.45) is 5.92 Å². The number of unbranched alkanes of at least 4 members (excludes halogenated alkanes) is 3. The molecular formula is C16H30N4. The van der Waals surface area contributed by atoms with Gasteiger partial charge in [0.2, 0.25) is 0 Å². The highest BCUT2D eigenvalue weighted by molar-refractivity contribution is 4.98. The third-order valence-electron chi connectivity index (χ3n) is 4.10. The lowest BCUT2D eigenvalue weighted by atomic mass is 10.0. The molecule has 1 aliphatic rings. The predicted octanol–water partition coefficient (Wildman–Crippen LogP) is 3.31. The molecule has 1 aliphatic heterocycles. The molecule has 0 unspecified atom stereocenters. The van der Waals surface area contributed by atoms with Gasteiger partial charge in [0.05, 0.1) is 6.54 Å². The van der Waals surface area contributed by atoms with E-state index in [1.807, 2.05) is 0 Å². The summed E-state index contributed by atoms with van der Waals surface area (Å²) in [7, 11) is 0. The Labute approximate surface area is 123 Å². The SMILES string of the molecule is CC(C)CCCCCCNCc1nnc2n1CCCC2. The Bertz CT molecular complexity index is 384. The van der Waals surface area contributed by atoms with Crippen molar-refractivity contribution in [2.75, 3.05) is 6.54 Å². The highest BCUT2D eigenvalue weighted by Gasteiger charge is 2.14. The molecule has 0 aliphatic carbocycles. The number of hydrogen-bond donors (Lipinski definition) is 1. The van der Waals surface area contributed by atoms with E-state index < -0.39 is 0 Å². The highest BCUT2D eigenvalue weighted by atomic mass is 15.3. The van der Waals surface area contributed by atoms with Crippen LogP contribution in [0.15, 0.2) is 0 Å². The summed E-state index contributed by atoms with van der Waals surface area (Å²) >= 11 is 0. The van der Waals surface area contributed by atoms with E-state index in [1.54, 1.807) is 0 Å². The lowest BCUT2D eigenvalue weighted by Crippen LogP contribution is -2.20. The standard InChI is InChI=1S/C16H30N4/c1-14(2)9-5-3-4-7-11-17-13-16-19-18-15-10-6-8-12-20(15)16/h14,17H,3-13H2,1-2H3. The Balaban J connectivity index is 1.54. The molecule has 20 heavy (non-hydrogen) atoms. The molecule has 1 aromatic heterocycles. The quantitative estimate of drug-likeness (QED) is 0.705. The van der Waals surface area contributed by atoms with Crippen LogP contribution in [0.2, 0.25) is 0 Å². The Hall–Kier alpha value is -0.900. The van der Waals surface area contributed by atoms with Crippen molar-refractivity contribution in [3.63, 3.8) is 0 Å². The number of hydrogen-bond acceptors (Lipinski definition) is 3. The van der Waals surface area contributed by atoms with Crippen molar-refractivity contribution in [1.82, 2.24) is 20.1 Å². The van der Waals surface area contributed by atoms with E-state index in [0.717, 1.165) is 37.8 Å². The van der Waals surface area contributed by atoms with Crippen LogP contribution in [0.1, 0.15) is 70.4 Å². The minimum atomic E-state index is 0.854. The van der Waals surface area contributed by atoms with Gasteiger partial charge in [0.25, 0.3) is 0 Å². The van der Waals surface area contributed by atoms with Gasteiger partial charge in [-0.15, -0.1) is 10.2 Å². The van der Waals surface area contributed by atoms with Crippen molar-refractivity contribution in [2.45, 2.75) is 78.3 Å². The minimum Gasteiger partial charge on any atom is -0.314 e. The number of nitrogens with zero attached hydrogens (tertiary/aromatic N) is 3. The molecule has 0 radical (unpaired) electrons. The second-order valence-corrected chi connectivity index (χ2v) is 6.41. The van der Waals surface area contributed by atoms with E-state index in [0.29, 0.717) is 0 Å². The topological polar surface area (TPSA) is 42.7 Å². The Morgan fingerprint density at radius 2 is 1.95 bits per heavy atom. The molecule has 0 amide bonds. The Morgan fingerprint density at radius 3 is 2.80 bits per heavy atom. The molecule has 0 saturated heterocycles. The molecule has 2 heterocycles. The molecule has 2 rings (SSSR count). The van der Waals surface area contributed by atoms with Crippen LogP contribution in [-0.4, -0.2) is 21.3 Å². The number of fused-ring (bicyclic) bond motifs is 1. The normalized spacial score (nSPS) is 14.8. The lowest BCUT2D eigenvalue weighted by Gasteiger charge is -2.14. The Kier molecular flexibility index (Phi) is 6.51. The van der Waals surface area contributed by atoms with E-state index in [4.69, 9.17) is 0 Å². The average molecular weight is 278 g/mol. The first-order chi connectivity index (χ1) is 9.77. The van der Waals surface area contributed by atoms with Gasteiger partial charge in [0.15, 0.2) is 0 Å². The first-order valence-corrected chi connectivity index (χ1v) is 8.39. The minimum absolute atomic E-state index is 0.854. The van der Waals surface area contributed by atoms with Crippen LogP contribution in [0.5, 0.6) is 0 Å². The molecule has 114 valence electrons. The van der Waals surface area contributed by atoms with Crippen LogP contribution in [-0.2, 0) is 19.5 Å². The maximum Gasteiger partial charge on any atom is 0.147 e. The fraction of sp³-hybridized carbons (Fsp3) is 0.875. The molecule has 4 nitrogen and oxygen atoms in total. The number of nitrogens with one attached hydrogen (secondary N) is 1. The molecule has 0 saturated carbocycles. The maximum absolute atomic E-state index is 4.31. The molecule has 0 atom stereocenters. The van der Waals surface area contributed by atoms with Gasteiger partial charge in [-0.25, -0.2) is 0 Å². The lowest BCUT2D eigenvalue weighted by molar-refractivity contribution is 0.489. The molecule has 4 heteroatoms. The summed E-state index contributed by atoms with van der Waals surface area (Å²) in [6.07, 6.45) is 10.4. The van der Waals surface area contributed by atoms with Crippen molar-refractivity contribution in [3.8, 4) is 0 Å². The van der Waals surface area contributed by atoms with Crippen LogP contribution in [0.25, 0.3) is 0 Å². The first kappa shape index (κ1) is 15.5. The van der Waals surface area contributed by atoms with Crippen LogP contribution in [0, 0.1) is 5.92 Å². The van der Waals surface area contributed by atoms with Crippen LogP contribution in [0.4, 0.5) is 0 Å². The molecule has 0 fully saturated rings. The van der Waals surface area contributed by atoms with Crippen molar-refractivity contribution < 1.29 is 0 Å².